The van der Waals surface area contributed by atoms with Gasteiger partial charge in [0.25, 0.3) is 0 Å². The van der Waals surface area contributed by atoms with Crippen LogP contribution in [0.5, 0.6) is 0 Å². The first-order valence-corrected chi connectivity index (χ1v) is 5.10. The van der Waals surface area contributed by atoms with Gasteiger partial charge in [0.2, 0.25) is 12.2 Å². The molecule has 92 valence electrons. The zero-order chi connectivity index (χ0) is 13.1. The number of aliphatic carboxylic acids is 1. The summed E-state index contributed by atoms with van der Waals surface area (Å²) in [6.07, 6.45) is 5.35. The van der Waals surface area contributed by atoms with E-state index in [9.17, 15) is 14.4 Å². The fraction of sp³-hybridized carbons (Fsp3) is 0.545. The lowest BCUT2D eigenvalue weighted by atomic mass is 9.90. The minimum Gasteiger partial charge on any atom is -0.479 e. The first kappa shape index (κ1) is 15.0. The average Bonchev–Trinajstić information content (AvgIpc) is 2.29. The number of rotatable bonds is 9. The highest BCUT2D eigenvalue weighted by atomic mass is 16.4. The van der Waals surface area contributed by atoms with Crippen molar-refractivity contribution in [3.63, 3.8) is 0 Å². The molecule has 6 heteroatoms. The largest absolute Gasteiger partial charge is 0.479 e. The van der Waals surface area contributed by atoms with Crippen molar-refractivity contribution in [3.8, 4) is 0 Å². The second kappa shape index (κ2) is 8.16. The molecule has 0 heterocycles. The first-order chi connectivity index (χ1) is 8.13. The third-order valence-electron chi connectivity index (χ3n) is 2.31. The Morgan fingerprint density at radius 3 is 2.53 bits per heavy atom. The van der Waals surface area contributed by atoms with Crippen molar-refractivity contribution < 1.29 is 19.5 Å². The fourth-order valence-corrected chi connectivity index (χ4v) is 1.43. The maximum atomic E-state index is 11.1. The molecule has 1 N–H and O–H groups in total. The summed E-state index contributed by atoms with van der Waals surface area (Å²) in [6, 6.07) is 0. The van der Waals surface area contributed by atoms with Crippen molar-refractivity contribution in [3.05, 3.63) is 12.7 Å². The second-order valence-corrected chi connectivity index (χ2v) is 3.46. The van der Waals surface area contributed by atoms with E-state index in [0.717, 1.165) is 0 Å². The van der Waals surface area contributed by atoms with Gasteiger partial charge in [0.1, 0.15) is 0 Å². The summed E-state index contributed by atoms with van der Waals surface area (Å²) in [7, 11) is 0. The van der Waals surface area contributed by atoms with Crippen molar-refractivity contribution in [2.75, 3.05) is 6.54 Å². The Labute approximate surface area is 98.8 Å². The molecule has 0 fully saturated rings. The normalized spacial score (nSPS) is 12.7. The Hall–Kier alpha value is -2.03. The topological polar surface area (TPSA) is 96.2 Å². The number of carboxylic acids is 1. The highest BCUT2D eigenvalue weighted by Crippen LogP contribution is 2.24. The Bertz CT molecular complexity index is 364. The number of carbonyl (C=O) groups is 1. The number of unbranched alkanes of at least 4 members (excludes halogenated alkanes) is 1. The van der Waals surface area contributed by atoms with Crippen LogP contribution in [0.3, 0.4) is 0 Å². The fourth-order valence-electron chi connectivity index (χ4n) is 1.43. The quantitative estimate of drug-likeness (QED) is 0.283. The highest BCUT2D eigenvalue weighted by molar-refractivity contribution is 5.80. The summed E-state index contributed by atoms with van der Waals surface area (Å²) in [6.45, 7) is 3.73. The summed E-state index contributed by atoms with van der Waals surface area (Å²) in [5.41, 5.74) is -1.49. The maximum Gasteiger partial charge on any atom is 0.332 e. The molecule has 0 spiro atoms. The lowest BCUT2D eigenvalue weighted by molar-refractivity contribution is -0.143. The van der Waals surface area contributed by atoms with Crippen molar-refractivity contribution >= 4 is 18.1 Å². The van der Waals surface area contributed by atoms with Gasteiger partial charge in [0.15, 0.2) is 5.54 Å². The number of hydrogen-bond donors (Lipinski definition) is 1. The van der Waals surface area contributed by atoms with E-state index in [0.29, 0.717) is 12.8 Å². The number of isocyanates is 2. The molecule has 1 unspecified atom stereocenters. The monoisotopic (exact) mass is 238 g/mol. The van der Waals surface area contributed by atoms with Gasteiger partial charge < -0.3 is 5.11 Å². The van der Waals surface area contributed by atoms with Crippen molar-refractivity contribution in [1.82, 2.24) is 0 Å². The maximum absolute atomic E-state index is 11.1. The van der Waals surface area contributed by atoms with Crippen LogP contribution in [0.1, 0.15) is 25.7 Å². The van der Waals surface area contributed by atoms with Crippen LogP contribution in [0.4, 0.5) is 0 Å². The molecule has 0 rings (SSSR count). The lowest BCUT2D eigenvalue weighted by Crippen LogP contribution is -2.36. The first-order valence-electron chi connectivity index (χ1n) is 5.10. The summed E-state index contributed by atoms with van der Waals surface area (Å²) >= 11 is 0. The van der Waals surface area contributed by atoms with Crippen LogP contribution in [0, 0.1) is 0 Å². The molecular weight excluding hydrogens is 224 g/mol. The van der Waals surface area contributed by atoms with Crippen LogP contribution in [-0.2, 0) is 14.4 Å². The zero-order valence-electron chi connectivity index (χ0n) is 9.39. The van der Waals surface area contributed by atoms with Gasteiger partial charge in [-0.3, -0.25) is 0 Å². The van der Waals surface area contributed by atoms with E-state index in [1.165, 1.54) is 18.2 Å². The molecule has 0 amide bonds. The molecule has 0 aromatic carbocycles. The van der Waals surface area contributed by atoms with Gasteiger partial charge in [-0.1, -0.05) is 6.08 Å². The Kier molecular flexibility index (Phi) is 7.19. The number of aliphatic imine (C=N–C) groups is 2. The number of carbonyl (C=O) groups excluding carboxylic acids is 2. The predicted molar refractivity (Wildman–Crippen MR) is 60.1 cm³/mol. The molecule has 17 heavy (non-hydrogen) atoms. The van der Waals surface area contributed by atoms with Gasteiger partial charge >= 0.3 is 5.97 Å². The van der Waals surface area contributed by atoms with E-state index in [2.05, 4.69) is 16.6 Å². The summed E-state index contributed by atoms with van der Waals surface area (Å²) in [5.74, 6) is -1.18. The van der Waals surface area contributed by atoms with Crippen molar-refractivity contribution in [2.45, 2.75) is 31.2 Å². The minimum absolute atomic E-state index is 0.0640. The summed E-state index contributed by atoms with van der Waals surface area (Å²) in [4.78, 5) is 37.9. The molecule has 0 aliphatic rings. The summed E-state index contributed by atoms with van der Waals surface area (Å²) < 4.78 is 0. The Balaban J connectivity index is 4.56. The Morgan fingerprint density at radius 2 is 2.06 bits per heavy atom. The molecule has 0 bridgehead atoms. The van der Waals surface area contributed by atoms with Crippen LogP contribution in [0.2, 0.25) is 0 Å². The van der Waals surface area contributed by atoms with Crippen LogP contribution >= 0.6 is 0 Å². The van der Waals surface area contributed by atoms with E-state index in [1.807, 2.05) is 0 Å². The van der Waals surface area contributed by atoms with Gasteiger partial charge in [0, 0.05) is 6.42 Å². The predicted octanol–water partition coefficient (Wildman–Crippen LogP) is 1.23. The molecule has 0 aromatic rings. The zero-order valence-corrected chi connectivity index (χ0v) is 9.39. The molecule has 0 aliphatic carbocycles. The minimum atomic E-state index is -1.49. The smallest absolute Gasteiger partial charge is 0.332 e. The van der Waals surface area contributed by atoms with Gasteiger partial charge in [-0.05, 0) is 19.3 Å². The van der Waals surface area contributed by atoms with E-state index in [1.54, 1.807) is 0 Å². The second-order valence-electron chi connectivity index (χ2n) is 3.46. The molecule has 0 radical (unpaired) electrons. The van der Waals surface area contributed by atoms with E-state index in [4.69, 9.17) is 5.11 Å². The van der Waals surface area contributed by atoms with Crippen molar-refractivity contribution in [2.24, 2.45) is 9.98 Å². The molecule has 0 saturated heterocycles. The molecule has 6 nitrogen and oxygen atoms in total. The third kappa shape index (κ3) is 5.02. The molecule has 0 saturated carbocycles. The summed E-state index contributed by atoms with van der Waals surface area (Å²) in [5, 5.41) is 9.08. The van der Waals surface area contributed by atoms with Gasteiger partial charge in [-0.15, -0.1) is 6.58 Å². The molecule has 0 aliphatic heterocycles. The molecule has 0 aromatic heterocycles. The van der Waals surface area contributed by atoms with E-state index < -0.39 is 11.5 Å². The molecule has 1 atom stereocenters. The van der Waals surface area contributed by atoms with E-state index >= 15 is 0 Å². The van der Waals surface area contributed by atoms with Gasteiger partial charge in [0.05, 0.1) is 6.54 Å². The van der Waals surface area contributed by atoms with Crippen LogP contribution in [0.25, 0.3) is 0 Å². The standard InChI is InChI=1S/C11H14N2O4/c1-2-5-11(10(16)17,13-9-15)6-3-4-7-12-8-14/h2H,1,3-7H2,(H,16,17). The van der Waals surface area contributed by atoms with Gasteiger partial charge in [-0.25, -0.2) is 19.4 Å². The van der Waals surface area contributed by atoms with Crippen LogP contribution < -0.4 is 0 Å². The number of carboxylic acid groups (broad SMARTS) is 1. The number of hydrogen-bond acceptors (Lipinski definition) is 5. The average molecular weight is 238 g/mol. The third-order valence-corrected chi connectivity index (χ3v) is 2.31. The van der Waals surface area contributed by atoms with Crippen molar-refractivity contribution in [1.29, 1.82) is 0 Å². The Morgan fingerprint density at radius 1 is 1.35 bits per heavy atom. The highest BCUT2D eigenvalue weighted by Gasteiger charge is 2.36. The lowest BCUT2D eigenvalue weighted by Gasteiger charge is -2.21. The van der Waals surface area contributed by atoms with Crippen LogP contribution in [0.15, 0.2) is 22.6 Å². The SMILES string of the molecule is C=CCC(CCCCN=C=O)(N=C=O)C(=O)O. The molecular formula is C11H14N2O4. The number of nitrogens with zero attached hydrogens (tertiary/aromatic N) is 2. The van der Waals surface area contributed by atoms with Gasteiger partial charge in [-0.2, -0.15) is 4.99 Å². The van der Waals surface area contributed by atoms with E-state index in [-0.39, 0.29) is 19.4 Å². The van der Waals surface area contributed by atoms with Crippen LogP contribution in [-0.4, -0.2) is 35.3 Å².